The molecular formula is C15H23N3O2S. The third kappa shape index (κ3) is 2.66. The molecule has 0 bridgehead atoms. The first kappa shape index (κ1) is 14.8. The van der Waals surface area contributed by atoms with E-state index in [1.807, 2.05) is 18.7 Å². The third-order valence-corrected chi connectivity index (χ3v) is 6.19. The molecule has 1 aliphatic carbocycles. The first-order valence-corrected chi connectivity index (χ1v) is 8.49. The average Bonchev–Trinajstić information content (AvgIpc) is 3.07. The van der Waals surface area contributed by atoms with E-state index in [9.17, 15) is 9.59 Å². The molecule has 1 aromatic heterocycles. The molecule has 0 aromatic carbocycles. The van der Waals surface area contributed by atoms with Crippen molar-refractivity contribution < 1.29 is 4.79 Å². The predicted molar refractivity (Wildman–Crippen MR) is 83.4 cm³/mol. The van der Waals surface area contributed by atoms with Gasteiger partial charge in [0.05, 0.1) is 0 Å². The number of fused-ring (bicyclic) bond motifs is 1. The number of nitrogens with two attached hydrogens (primary N) is 1. The molecule has 2 heterocycles. The van der Waals surface area contributed by atoms with Crippen molar-refractivity contribution in [2.45, 2.75) is 45.7 Å². The molecule has 3 atom stereocenters. The number of likely N-dealkylation sites (tertiary alicyclic amines) is 1. The van der Waals surface area contributed by atoms with E-state index >= 15 is 0 Å². The Balaban J connectivity index is 1.59. The summed E-state index contributed by atoms with van der Waals surface area (Å²) in [5, 5.41) is 0. The number of thiazole rings is 1. The van der Waals surface area contributed by atoms with E-state index in [2.05, 4.69) is 0 Å². The molecule has 5 nitrogen and oxygen atoms in total. The number of aromatic nitrogens is 1. The molecule has 1 aliphatic heterocycles. The second kappa shape index (κ2) is 5.57. The van der Waals surface area contributed by atoms with Crippen LogP contribution in [0, 0.1) is 25.7 Å². The number of aryl methyl sites for hydroxylation is 1. The summed E-state index contributed by atoms with van der Waals surface area (Å²) in [7, 11) is 0. The van der Waals surface area contributed by atoms with Crippen molar-refractivity contribution in [1.82, 2.24) is 9.47 Å². The summed E-state index contributed by atoms with van der Waals surface area (Å²) < 4.78 is 1.72. The number of carbonyl (C=O) groups is 1. The fourth-order valence-corrected chi connectivity index (χ4v) is 4.58. The molecule has 2 aliphatic rings. The Kier molecular flexibility index (Phi) is 3.92. The number of hydrogen-bond acceptors (Lipinski definition) is 4. The lowest BCUT2D eigenvalue weighted by molar-refractivity contribution is -0.130. The van der Waals surface area contributed by atoms with Gasteiger partial charge in [-0.05, 0) is 38.5 Å². The fraction of sp³-hybridized carbons (Fsp3) is 0.733. The minimum absolute atomic E-state index is 0.0399. The minimum Gasteiger partial charge on any atom is -0.342 e. The molecule has 116 valence electrons. The Morgan fingerprint density at radius 1 is 1.33 bits per heavy atom. The standard InChI is InChI=1S/C15H23N3O2S/c1-9-10(2)21-15(20)18(9)6-5-14(19)17-7-11-3-4-13(16)12(11)8-17/h11-13H,3-8,16H2,1-2H3. The lowest BCUT2D eigenvalue weighted by atomic mass is 9.98. The van der Waals surface area contributed by atoms with Crippen LogP contribution in [0.25, 0.3) is 0 Å². The van der Waals surface area contributed by atoms with Gasteiger partial charge in [0.25, 0.3) is 0 Å². The van der Waals surface area contributed by atoms with Crippen LogP contribution in [0.4, 0.5) is 0 Å². The second-order valence-corrected chi connectivity index (χ2v) is 7.54. The van der Waals surface area contributed by atoms with E-state index in [-0.39, 0.29) is 16.8 Å². The van der Waals surface area contributed by atoms with Gasteiger partial charge in [-0.25, -0.2) is 0 Å². The molecule has 6 heteroatoms. The van der Waals surface area contributed by atoms with Gasteiger partial charge in [0.15, 0.2) is 0 Å². The lowest BCUT2D eigenvalue weighted by Gasteiger charge is -2.19. The Hall–Kier alpha value is -1.14. The van der Waals surface area contributed by atoms with Crippen molar-refractivity contribution in [3.63, 3.8) is 0 Å². The number of hydrogen-bond donors (Lipinski definition) is 1. The smallest absolute Gasteiger partial charge is 0.307 e. The molecule has 3 rings (SSSR count). The first-order valence-electron chi connectivity index (χ1n) is 7.67. The molecule has 1 saturated heterocycles. The van der Waals surface area contributed by atoms with Crippen LogP contribution in [0.1, 0.15) is 29.8 Å². The van der Waals surface area contributed by atoms with E-state index in [4.69, 9.17) is 5.73 Å². The quantitative estimate of drug-likeness (QED) is 0.909. The summed E-state index contributed by atoms with van der Waals surface area (Å²) in [5.41, 5.74) is 7.09. The Bertz CT molecular complexity index is 607. The third-order valence-electron chi connectivity index (χ3n) is 5.19. The van der Waals surface area contributed by atoms with Crippen molar-refractivity contribution in [1.29, 1.82) is 0 Å². The largest absolute Gasteiger partial charge is 0.342 e. The van der Waals surface area contributed by atoms with E-state index < -0.39 is 0 Å². The zero-order valence-electron chi connectivity index (χ0n) is 12.7. The summed E-state index contributed by atoms with van der Waals surface area (Å²) in [6.07, 6.45) is 2.66. The van der Waals surface area contributed by atoms with Crippen LogP contribution < -0.4 is 10.6 Å². The van der Waals surface area contributed by atoms with Gasteiger partial charge in [0.2, 0.25) is 5.91 Å². The van der Waals surface area contributed by atoms with Crippen LogP contribution in [-0.4, -0.2) is 34.5 Å². The highest BCUT2D eigenvalue weighted by Crippen LogP contribution is 2.37. The molecule has 21 heavy (non-hydrogen) atoms. The molecular weight excluding hydrogens is 286 g/mol. The summed E-state index contributed by atoms with van der Waals surface area (Å²) in [4.78, 5) is 27.2. The molecule has 0 spiro atoms. The van der Waals surface area contributed by atoms with Crippen molar-refractivity contribution in [3.05, 3.63) is 20.2 Å². The van der Waals surface area contributed by atoms with Gasteiger partial charge >= 0.3 is 4.87 Å². The van der Waals surface area contributed by atoms with Crippen LogP contribution in [0.5, 0.6) is 0 Å². The highest BCUT2D eigenvalue weighted by atomic mass is 32.1. The van der Waals surface area contributed by atoms with E-state index in [1.165, 1.54) is 11.3 Å². The van der Waals surface area contributed by atoms with Gasteiger partial charge in [-0.15, -0.1) is 0 Å². The Labute approximate surface area is 128 Å². The lowest BCUT2D eigenvalue weighted by Crippen LogP contribution is -2.34. The summed E-state index contributed by atoms with van der Waals surface area (Å²) in [6.45, 7) is 6.04. The van der Waals surface area contributed by atoms with Crippen molar-refractivity contribution in [2.24, 2.45) is 17.6 Å². The zero-order valence-corrected chi connectivity index (χ0v) is 13.5. The maximum atomic E-state index is 12.4. The average molecular weight is 309 g/mol. The van der Waals surface area contributed by atoms with E-state index in [0.29, 0.717) is 24.8 Å². The van der Waals surface area contributed by atoms with Crippen LogP contribution >= 0.6 is 11.3 Å². The van der Waals surface area contributed by atoms with Crippen molar-refractivity contribution in [2.75, 3.05) is 13.1 Å². The summed E-state index contributed by atoms with van der Waals surface area (Å²) in [5.74, 6) is 1.24. The molecule has 1 aromatic rings. The number of nitrogens with zero attached hydrogens (tertiary/aromatic N) is 2. The molecule has 3 unspecified atom stereocenters. The van der Waals surface area contributed by atoms with Crippen LogP contribution in [0.15, 0.2) is 4.79 Å². The van der Waals surface area contributed by atoms with Crippen LogP contribution in [0.3, 0.4) is 0 Å². The van der Waals surface area contributed by atoms with Gasteiger partial charge in [0.1, 0.15) is 0 Å². The molecule has 2 N–H and O–H groups in total. The summed E-state index contributed by atoms with van der Waals surface area (Å²) in [6, 6.07) is 0.261. The first-order chi connectivity index (χ1) is 9.97. The van der Waals surface area contributed by atoms with Crippen LogP contribution in [-0.2, 0) is 11.3 Å². The van der Waals surface area contributed by atoms with Gasteiger partial charge in [-0.2, -0.15) is 0 Å². The zero-order chi connectivity index (χ0) is 15.1. The van der Waals surface area contributed by atoms with Crippen molar-refractivity contribution >= 4 is 17.2 Å². The maximum absolute atomic E-state index is 12.4. The van der Waals surface area contributed by atoms with Gasteiger partial charge < -0.3 is 15.2 Å². The maximum Gasteiger partial charge on any atom is 0.307 e. The van der Waals surface area contributed by atoms with Crippen LogP contribution in [0.2, 0.25) is 0 Å². The molecule has 2 fully saturated rings. The predicted octanol–water partition coefficient (Wildman–Crippen LogP) is 1.11. The Morgan fingerprint density at radius 3 is 2.71 bits per heavy atom. The van der Waals surface area contributed by atoms with Crippen molar-refractivity contribution in [3.8, 4) is 0 Å². The normalized spacial score (nSPS) is 28.1. The van der Waals surface area contributed by atoms with Gasteiger partial charge in [-0.3, -0.25) is 9.59 Å². The molecule has 1 amide bonds. The van der Waals surface area contributed by atoms with Gasteiger partial charge in [0, 0.05) is 42.7 Å². The molecule has 0 radical (unpaired) electrons. The topological polar surface area (TPSA) is 68.3 Å². The van der Waals surface area contributed by atoms with E-state index in [0.717, 1.165) is 36.5 Å². The highest BCUT2D eigenvalue weighted by Gasteiger charge is 2.42. The highest BCUT2D eigenvalue weighted by molar-refractivity contribution is 7.09. The van der Waals surface area contributed by atoms with Gasteiger partial charge in [-0.1, -0.05) is 11.3 Å². The monoisotopic (exact) mass is 309 g/mol. The number of rotatable bonds is 3. The minimum atomic E-state index is 0.0399. The summed E-state index contributed by atoms with van der Waals surface area (Å²) >= 11 is 1.26. The SMILES string of the molecule is Cc1sc(=O)n(CCC(=O)N2CC3CCC(N)C3C2)c1C. The molecule has 1 saturated carbocycles. The Morgan fingerprint density at radius 2 is 2.10 bits per heavy atom. The number of carbonyl (C=O) groups excluding carboxylic acids is 1. The fourth-order valence-electron chi connectivity index (χ4n) is 3.72. The second-order valence-electron chi connectivity index (χ2n) is 6.38. The number of amides is 1. The van der Waals surface area contributed by atoms with E-state index in [1.54, 1.807) is 4.57 Å².